The largest absolute Gasteiger partial charge is 0.322 e. The Labute approximate surface area is 206 Å². The third kappa shape index (κ3) is 6.28. The van der Waals surface area contributed by atoms with E-state index < -0.39 is 5.82 Å². The smallest absolute Gasteiger partial charge is 0.322 e. The van der Waals surface area contributed by atoms with Crippen molar-refractivity contribution in [2.24, 2.45) is 0 Å². The van der Waals surface area contributed by atoms with Crippen molar-refractivity contribution in [2.75, 3.05) is 31.5 Å². The summed E-state index contributed by atoms with van der Waals surface area (Å²) in [6.07, 6.45) is 7.25. The van der Waals surface area contributed by atoms with E-state index in [1.807, 2.05) is 23.1 Å². The van der Waals surface area contributed by atoms with Gasteiger partial charge >= 0.3 is 6.03 Å². The first-order chi connectivity index (χ1) is 16.5. The van der Waals surface area contributed by atoms with Crippen molar-refractivity contribution in [1.82, 2.24) is 9.80 Å². The molecule has 5 nitrogen and oxygen atoms in total. The number of urea groups is 1. The maximum Gasteiger partial charge on any atom is 0.322 e. The van der Waals surface area contributed by atoms with E-state index in [2.05, 4.69) is 22.4 Å². The Kier molecular flexibility index (Phi) is 8.42. The molecule has 0 atom stereocenters. The molecule has 1 saturated carbocycles. The molecule has 0 spiro atoms. The number of halogens is 2. The van der Waals surface area contributed by atoms with Crippen molar-refractivity contribution in [2.45, 2.75) is 56.9 Å². The van der Waals surface area contributed by atoms with Gasteiger partial charge in [0.05, 0.1) is 16.7 Å². The molecule has 2 aromatic carbocycles. The van der Waals surface area contributed by atoms with E-state index in [1.54, 1.807) is 6.07 Å². The fraction of sp³-hybridized carbons (Fsp3) is 0.481. The summed E-state index contributed by atoms with van der Waals surface area (Å²) in [6, 6.07) is 14.4. The summed E-state index contributed by atoms with van der Waals surface area (Å²) in [5, 5.41) is 12.1. The SMILES string of the molecule is N#Cc1cccc(C2CCC(N(CCCN3CCCC3)C(=O)Nc3ccc(F)c(Cl)c3)CC2)c1. The minimum atomic E-state index is -0.499. The molecular formula is C27H32ClFN4O. The summed E-state index contributed by atoms with van der Waals surface area (Å²) < 4.78 is 13.5. The van der Waals surface area contributed by atoms with Crippen LogP contribution in [0, 0.1) is 17.1 Å². The summed E-state index contributed by atoms with van der Waals surface area (Å²) in [7, 11) is 0. The monoisotopic (exact) mass is 482 g/mol. The van der Waals surface area contributed by atoms with Gasteiger partial charge in [-0.2, -0.15) is 5.26 Å². The van der Waals surface area contributed by atoms with Gasteiger partial charge in [-0.25, -0.2) is 9.18 Å². The van der Waals surface area contributed by atoms with E-state index in [0.29, 0.717) is 23.7 Å². The Morgan fingerprint density at radius 1 is 1.15 bits per heavy atom. The maximum absolute atomic E-state index is 13.5. The average Bonchev–Trinajstić information content (AvgIpc) is 3.38. The molecule has 0 unspecified atom stereocenters. The zero-order valence-electron chi connectivity index (χ0n) is 19.5. The van der Waals surface area contributed by atoms with Crippen LogP contribution in [0.5, 0.6) is 0 Å². The van der Waals surface area contributed by atoms with Gasteiger partial charge in [-0.1, -0.05) is 23.7 Å². The lowest BCUT2D eigenvalue weighted by molar-refractivity contribution is 0.157. The van der Waals surface area contributed by atoms with E-state index in [4.69, 9.17) is 11.6 Å². The normalized spacial score (nSPS) is 20.6. The number of nitrogens with zero attached hydrogens (tertiary/aromatic N) is 3. The number of hydrogen-bond donors (Lipinski definition) is 1. The van der Waals surface area contributed by atoms with Crippen LogP contribution in [-0.2, 0) is 0 Å². The van der Waals surface area contributed by atoms with Gasteiger partial charge in [-0.05, 0) is 106 Å². The molecule has 0 aromatic heterocycles. The van der Waals surface area contributed by atoms with Crippen molar-refractivity contribution in [3.63, 3.8) is 0 Å². The zero-order valence-corrected chi connectivity index (χ0v) is 20.2. The molecule has 0 radical (unpaired) electrons. The standard InChI is InChI=1S/C27H32ClFN4O/c28-25-18-23(9-12-26(25)29)31-27(34)33(16-4-15-32-13-1-2-14-32)24-10-7-21(8-11-24)22-6-3-5-20(17-22)19-30/h3,5-6,9,12,17-18,21,24H,1-2,4,7-8,10-11,13-16H2,(H,31,34). The van der Waals surface area contributed by atoms with Crippen LogP contribution in [0.3, 0.4) is 0 Å². The molecule has 34 heavy (non-hydrogen) atoms. The lowest BCUT2D eigenvalue weighted by Gasteiger charge is -2.37. The topological polar surface area (TPSA) is 59.4 Å². The predicted octanol–water partition coefficient (Wildman–Crippen LogP) is 6.40. The number of carbonyl (C=O) groups excluding carboxylic acids is 1. The Bertz CT molecular complexity index is 1030. The fourth-order valence-electron chi connectivity index (χ4n) is 5.27. The van der Waals surface area contributed by atoms with Gasteiger partial charge in [0, 0.05) is 18.3 Å². The number of likely N-dealkylation sites (tertiary alicyclic amines) is 1. The van der Waals surface area contributed by atoms with Gasteiger partial charge in [0.15, 0.2) is 0 Å². The quantitative estimate of drug-likeness (QED) is 0.497. The summed E-state index contributed by atoms with van der Waals surface area (Å²) in [5.41, 5.74) is 2.41. The van der Waals surface area contributed by atoms with Gasteiger partial charge in [0.2, 0.25) is 0 Å². The van der Waals surface area contributed by atoms with Crippen LogP contribution in [0.15, 0.2) is 42.5 Å². The minimum Gasteiger partial charge on any atom is -0.322 e. The Balaban J connectivity index is 1.40. The number of hydrogen-bond acceptors (Lipinski definition) is 3. The maximum atomic E-state index is 13.5. The molecule has 2 aromatic rings. The van der Waals surface area contributed by atoms with Gasteiger partial charge in [-0.15, -0.1) is 0 Å². The van der Waals surface area contributed by atoms with E-state index >= 15 is 0 Å². The number of anilines is 1. The molecule has 180 valence electrons. The van der Waals surface area contributed by atoms with Crippen molar-refractivity contribution < 1.29 is 9.18 Å². The molecule has 1 heterocycles. The number of carbonyl (C=O) groups is 1. The number of benzene rings is 2. The van der Waals surface area contributed by atoms with E-state index in [-0.39, 0.29) is 17.1 Å². The second-order valence-corrected chi connectivity index (χ2v) is 9.80. The lowest BCUT2D eigenvalue weighted by Crippen LogP contribution is -2.45. The molecule has 1 N–H and O–H groups in total. The van der Waals surface area contributed by atoms with E-state index in [1.165, 1.54) is 30.5 Å². The molecule has 1 aliphatic heterocycles. The van der Waals surface area contributed by atoms with Gasteiger partial charge in [0.1, 0.15) is 5.82 Å². The van der Waals surface area contributed by atoms with Crippen LogP contribution in [0.25, 0.3) is 0 Å². The van der Waals surface area contributed by atoms with Gasteiger partial charge in [-0.3, -0.25) is 0 Å². The summed E-state index contributed by atoms with van der Waals surface area (Å²) >= 11 is 5.91. The van der Waals surface area contributed by atoms with Gasteiger partial charge < -0.3 is 15.1 Å². The predicted molar refractivity (Wildman–Crippen MR) is 134 cm³/mol. The summed E-state index contributed by atoms with van der Waals surface area (Å²) in [6.45, 7) is 3.99. The number of rotatable bonds is 7. The third-order valence-corrected chi connectivity index (χ3v) is 7.42. The first-order valence-corrected chi connectivity index (χ1v) is 12.7. The molecular weight excluding hydrogens is 451 g/mol. The van der Waals surface area contributed by atoms with E-state index in [0.717, 1.165) is 51.7 Å². The minimum absolute atomic E-state index is 0.00140. The van der Waals surface area contributed by atoms with Crippen LogP contribution in [-0.4, -0.2) is 48.1 Å². The van der Waals surface area contributed by atoms with Gasteiger partial charge in [0.25, 0.3) is 0 Å². The van der Waals surface area contributed by atoms with Crippen molar-refractivity contribution in [3.8, 4) is 6.07 Å². The zero-order chi connectivity index (χ0) is 23.9. The van der Waals surface area contributed by atoms with Crippen molar-refractivity contribution in [3.05, 3.63) is 64.4 Å². The molecule has 2 fully saturated rings. The molecule has 2 aliphatic rings. The number of nitriles is 1. The summed E-state index contributed by atoms with van der Waals surface area (Å²) in [4.78, 5) is 17.7. The van der Waals surface area contributed by atoms with Crippen LogP contribution in [0.2, 0.25) is 5.02 Å². The second-order valence-electron chi connectivity index (χ2n) is 9.40. The van der Waals surface area contributed by atoms with Crippen LogP contribution >= 0.6 is 11.6 Å². The van der Waals surface area contributed by atoms with Crippen molar-refractivity contribution >= 4 is 23.3 Å². The highest BCUT2D eigenvalue weighted by Gasteiger charge is 2.30. The highest BCUT2D eigenvalue weighted by molar-refractivity contribution is 6.31. The molecule has 1 aliphatic carbocycles. The molecule has 4 rings (SSSR count). The third-order valence-electron chi connectivity index (χ3n) is 7.13. The molecule has 0 bridgehead atoms. The highest BCUT2D eigenvalue weighted by atomic mass is 35.5. The molecule has 7 heteroatoms. The Hall–Kier alpha value is -2.62. The first kappa shape index (κ1) is 24.5. The van der Waals surface area contributed by atoms with Crippen LogP contribution in [0.4, 0.5) is 14.9 Å². The van der Waals surface area contributed by atoms with E-state index in [9.17, 15) is 14.4 Å². The Morgan fingerprint density at radius 2 is 1.91 bits per heavy atom. The molecule has 1 saturated heterocycles. The van der Waals surface area contributed by atoms with Crippen LogP contribution in [0.1, 0.15) is 62.0 Å². The number of amides is 2. The van der Waals surface area contributed by atoms with Crippen molar-refractivity contribution in [1.29, 1.82) is 5.26 Å². The average molecular weight is 483 g/mol. The second kappa shape index (κ2) is 11.7. The highest BCUT2D eigenvalue weighted by Crippen LogP contribution is 2.35. The Morgan fingerprint density at radius 3 is 2.62 bits per heavy atom. The van der Waals surface area contributed by atoms with Crippen LogP contribution < -0.4 is 5.32 Å². The fourth-order valence-corrected chi connectivity index (χ4v) is 5.45. The number of nitrogens with one attached hydrogen (secondary N) is 1. The first-order valence-electron chi connectivity index (χ1n) is 12.3. The molecule has 2 amide bonds. The summed E-state index contributed by atoms with van der Waals surface area (Å²) in [5.74, 6) is -0.0871. The lowest BCUT2D eigenvalue weighted by atomic mass is 9.81.